The Morgan fingerprint density at radius 1 is 1.12 bits per heavy atom. The first-order valence-corrected chi connectivity index (χ1v) is 11.5. The van der Waals surface area contributed by atoms with Gasteiger partial charge in [0.2, 0.25) is 11.9 Å². The Morgan fingerprint density at radius 2 is 1.82 bits per heavy atom. The van der Waals surface area contributed by atoms with E-state index in [1.165, 1.54) is 5.56 Å². The lowest BCUT2D eigenvalue weighted by molar-refractivity contribution is 0.100. The zero-order valence-corrected chi connectivity index (χ0v) is 19.4. The van der Waals surface area contributed by atoms with Gasteiger partial charge >= 0.3 is 0 Å². The lowest BCUT2D eigenvalue weighted by Gasteiger charge is -2.32. The van der Waals surface area contributed by atoms with Crippen LogP contribution >= 0.6 is 11.6 Å². The zero-order valence-electron chi connectivity index (χ0n) is 18.6. The second-order valence-corrected chi connectivity index (χ2v) is 8.54. The fourth-order valence-electron chi connectivity index (χ4n) is 3.97. The van der Waals surface area contributed by atoms with Gasteiger partial charge in [-0.15, -0.1) is 0 Å². The van der Waals surface area contributed by atoms with Gasteiger partial charge in [-0.1, -0.05) is 29.8 Å². The smallest absolute Gasteiger partial charge is 0.248 e. The maximum atomic E-state index is 11.2. The molecule has 1 fully saturated rings. The average Bonchev–Trinajstić information content (AvgIpc) is 2.83. The van der Waals surface area contributed by atoms with E-state index < -0.39 is 5.91 Å². The molecule has 33 heavy (non-hydrogen) atoms. The standard InChI is InChI=1S/C25H28ClN5O2/c1-2-33-23-13-17(3-8-22(23)26)16-31-11-9-21(10-12-31)30-25-28-14-20(15-29-25)18-4-6-19(7-5-18)24(27)32/h3-8,13-15,21H,2,9-12,16H2,1H3,(H2,27,32)(H,28,29,30). The topological polar surface area (TPSA) is 93.4 Å². The highest BCUT2D eigenvalue weighted by molar-refractivity contribution is 6.32. The molecule has 4 rings (SSSR count). The maximum Gasteiger partial charge on any atom is 0.248 e. The van der Waals surface area contributed by atoms with Gasteiger partial charge in [-0.25, -0.2) is 9.97 Å². The highest BCUT2D eigenvalue weighted by atomic mass is 35.5. The second kappa shape index (κ2) is 10.6. The summed E-state index contributed by atoms with van der Waals surface area (Å²) in [7, 11) is 0. The van der Waals surface area contributed by atoms with Crippen LogP contribution in [-0.2, 0) is 6.54 Å². The van der Waals surface area contributed by atoms with E-state index in [2.05, 4.69) is 26.3 Å². The molecule has 3 N–H and O–H groups in total. The Hall–Kier alpha value is -3.16. The number of amides is 1. The van der Waals surface area contributed by atoms with E-state index in [0.29, 0.717) is 29.2 Å². The first-order chi connectivity index (χ1) is 16.0. The number of nitrogens with one attached hydrogen (secondary N) is 1. The molecule has 1 aromatic heterocycles. The van der Waals surface area contributed by atoms with Gasteiger partial charge in [0.15, 0.2) is 0 Å². The minimum absolute atomic E-state index is 0.339. The third-order valence-electron chi connectivity index (χ3n) is 5.78. The summed E-state index contributed by atoms with van der Waals surface area (Å²) < 4.78 is 5.61. The fourth-order valence-corrected chi connectivity index (χ4v) is 4.14. The van der Waals surface area contributed by atoms with Crippen molar-refractivity contribution >= 4 is 23.5 Å². The number of hydrogen-bond acceptors (Lipinski definition) is 6. The van der Waals surface area contributed by atoms with Crippen molar-refractivity contribution in [2.24, 2.45) is 5.73 Å². The van der Waals surface area contributed by atoms with Crippen molar-refractivity contribution in [3.8, 4) is 16.9 Å². The van der Waals surface area contributed by atoms with E-state index in [1.807, 2.05) is 31.2 Å². The van der Waals surface area contributed by atoms with Crippen LogP contribution in [0.25, 0.3) is 11.1 Å². The molecular weight excluding hydrogens is 438 g/mol. The molecule has 8 heteroatoms. The number of primary amides is 1. The van der Waals surface area contributed by atoms with Crippen LogP contribution in [0.3, 0.4) is 0 Å². The van der Waals surface area contributed by atoms with Gasteiger partial charge < -0.3 is 15.8 Å². The van der Waals surface area contributed by atoms with Crippen LogP contribution in [0.1, 0.15) is 35.7 Å². The number of anilines is 1. The third-order valence-corrected chi connectivity index (χ3v) is 6.09. The van der Waals surface area contributed by atoms with Crippen LogP contribution < -0.4 is 15.8 Å². The molecule has 172 valence electrons. The average molecular weight is 466 g/mol. The Kier molecular flexibility index (Phi) is 7.42. The molecule has 1 saturated heterocycles. The van der Waals surface area contributed by atoms with Gasteiger partial charge in [-0.05, 0) is 55.2 Å². The number of nitrogens with two attached hydrogens (primary N) is 1. The number of benzene rings is 2. The van der Waals surface area contributed by atoms with Gasteiger partial charge in [-0.2, -0.15) is 0 Å². The highest BCUT2D eigenvalue weighted by Crippen LogP contribution is 2.27. The van der Waals surface area contributed by atoms with Crippen LogP contribution in [-0.4, -0.2) is 46.5 Å². The minimum Gasteiger partial charge on any atom is -0.492 e. The number of aromatic nitrogens is 2. The van der Waals surface area contributed by atoms with E-state index in [-0.39, 0.29) is 0 Å². The molecule has 2 aromatic carbocycles. The van der Waals surface area contributed by atoms with Crippen molar-refractivity contribution in [1.29, 1.82) is 0 Å². The van der Waals surface area contributed by atoms with E-state index in [0.717, 1.165) is 49.4 Å². The quantitative estimate of drug-likeness (QED) is 0.513. The molecule has 0 atom stereocenters. The summed E-state index contributed by atoms with van der Waals surface area (Å²) in [6.07, 6.45) is 5.62. The molecule has 3 aromatic rings. The maximum absolute atomic E-state index is 11.2. The Bertz CT molecular complexity index is 1080. The summed E-state index contributed by atoms with van der Waals surface area (Å²) in [6.45, 7) is 5.43. The molecule has 0 radical (unpaired) electrons. The normalized spacial score (nSPS) is 14.7. The number of rotatable bonds is 8. The van der Waals surface area contributed by atoms with Crippen LogP contribution in [0.2, 0.25) is 5.02 Å². The van der Waals surface area contributed by atoms with Gasteiger partial charge in [0.25, 0.3) is 0 Å². The lowest BCUT2D eigenvalue weighted by atomic mass is 10.0. The number of piperidine rings is 1. The predicted molar refractivity (Wildman–Crippen MR) is 131 cm³/mol. The first kappa shape index (κ1) is 23.0. The van der Waals surface area contributed by atoms with Crippen molar-refractivity contribution in [3.63, 3.8) is 0 Å². The molecular formula is C25H28ClN5O2. The Morgan fingerprint density at radius 3 is 2.45 bits per heavy atom. The molecule has 1 aliphatic heterocycles. The second-order valence-electron chi connectivity index (χ2n) is 8.13. The summed E-state index contributed by atoms with van der Waals surface area (Å²) in [6, 6.07) is 13.5. The summed E-state index contributed by atoms with van der Waals surface area (Å²) in [5.41, 5.74) is 8.81. The van der Waals surface area contributed by atoms with E-state index >= 15 is 0 Å². The summed E-state index contributed by atoms with van der Waals surface area (Å²) in [5.74, 6) is 0.939. The van der Waals surface area contributed by atoms with Crippen LogP contribution in [0.5, 0.6) is 5.75 Å². The zero-order chi connectivity index (χ0) is 23.2. The molecule has 0 saturated carbocycles. The molecule has 0 unspecified atom stereocenters. The molecule has 1 amide bonds. The molecule has 2 heterocycles. The number of hydrogen-bond donors (Lipinski definition) is 2. The first-order valence-electron chi connectivity index (χ1n) is 11.1. The highest BCUT2D eigenvalue weighted by Gasteiger charge is 2.20. The van der Waals surface area contributed by atoms with Crippen LogP contribution in [0.4, 0.5) is 5.95 Å². The van der Waals surface area contributed by atoms with Gasteiger partial charge in [0.05, 0.1) is 11.6 Å². The van der Waals surface area contributed by atoms with E-state index in [1.54, 1.807) is 24.5 Å². The Balaban J connectivity index is 1.28. The van der Waals surface area contributed by atoms with Crippen molar-refractivity contribution in [3.05, 3.63) is 71.0 Å². The SMILES string of the molecule is CCOc1cc(CN2CCC(Nc3ncc(-c4ccc(C(N)=O)cc4)cn3)CC2)ccc1Cl. The number of nitrogens with zero attached hydrogens (tertiary/aromatic N) is 3. The lowest BCUT2D eigenvalue weighted by Crippen LogP contribution is -2.38. The monoisotopic (exact) mass is 465 g/mol. The van der Waals surface area contributed by atoms with Crippen molar-refractivity contribution in [1.82, 2.24) is 14.9 Å². The fraction of sp³-hybridized carbons (Fsp3) is 0.320. The van der Waals surface area contributed by atoms with Crippen molar-refractivity contribution in [2.75, 3.05) is 25.0 Å². The molecule has 1 aliphatic rings. The summed E-state index contributed by atoms with van der Waals surface area (Å²) in [4.78, 5) is 22.6. The number of ether oxygens (including phenoxy) is 1. The van der Waals surface area contributed by atoms with Crippen molar-refractivity contribution in [2.45, 2.75) is 32.4 Å². The molecule has 0 bridgehead atoms. The predicted octanol–water partition coefficient (Wildman–Crippen LogP) is 4.37. The van der Waals surface area contributed by atoms with Crippen molar-refractivity contribution < 1.29 is 9.53 Å². The summed E-state index contributed by atoms with van der Waals surface area (Å²) >= 11 is 6.20. The van der Waals surface area contributed by atoms with Gasteiger partial charge in [-0.3, -0.25) is 9.69 Å². The van der Waals surface area contributed by atoms with E-state index in [9.17, 15) is 4.79 Å². The Labute approximate surface area is 198 Å². The largest absolute Gasteiger partial charge is 0.492 e. The van der Waals surface area contributed by atoms with E-state index in [4.69, 9.17) is 22.1 Å². The number of likely N-dealkylation sites (tertiary alicyclic amines) is 1. The number of carbonyl (C=O) groups is 1. The molecule has 0 spiro atoms. The van der Waals surface area contributed by atoms with Crippen LogP contribution in [0.15, 0.2) is 54.9 Å². The van der Waals surface area contributed by atoms with Gasteiger partial charge in [0, 0.05) is 49.2 Å². The third kappa shape index (κ3) is 6.00. The molecule has 0 aliphatic carbocycles. The van der Waals surface area contributed by atoms with Gasteiger partial charge in [0.1, 0.15) is 5.75 Å². The van der Waals surface area contributed by atoms with Crippen LogP contribution in [0, 0.1) is 0 Å². The number of carbonyl (C=O) groups excluding carboxylic acids is 1. The summed E-state index contributed by atoms with van der Waals surface area (Å²) in [5, 5.41) is 4.10. The minimum atomic E-state index is -0.438. The number of halogens is 1. The molecule has 7 nitrogen and oxygen atoms in total.